The summed E-state index contributed by atoms with van der Waals surface area (Å²) in [6, 6.07) is 5.58. The number of hydrogen-bond acceptors (Lipinski definition) is 12. The molecule has 0 aliphatic carbocycles. The van der Waals surface area contributed by atoms with Crippen LogP contribution in [0.2, 0.25) is 51.4 Å². The van der Waals surface area contributed by atoms with Crippen molar-refractivity contribution in [2.45, 2.75) is 91.9 Å². The van der Waals surface area contributed by atoms with Gasteiger partial charge in [-0.15, -0.1) is 22.7 Å². The maximum absolute atomic E-state index is 14.5. The van der Waals surface area contributed by atoms with Gasteiger partial charge in [-0.25, -0.2) is 23.9 Å². The zero-order valence-corrected chi connectivity index (χ0v) is 39.9. The lowest BCUT2D eigenvalue weighted by Crippen LogP contribution is -2.43. The monoisotopic (exact) mass is 914 g/mol. The van der Waals surface area contributed by atoms with Crippen LogP contribution in [0.5, 0.6) is 0 Å². The number of aromatic nitrogens is 4. The number of esters is 2. The van der Waals surface area contributed by atoms with Gasteiger partial charge < -0.3 is 14.8 Å². The van der Waals surface area contributed by atoms with E-state index in [2.05, 4.69) is 59.5 Å². The first kappa shape index (κ1) is 50.8. The number of aryl methyl sites for hydroxylation is 6. The number of carbonyl (C=O) groups is 6. The van der Waals surface area contributed by atoms with Crippen LogP contribution in [0.25, 0.3) is 0 Å². The van der Waals surface area contributed by atoms with Gasteiger partial charge in [-0.1, -0.05) is 51.4 Å². The van der Waals surface area contributed by atoms with E-state index in [1.807, 2.05) is 11.4 Å². The number of nitrogens with zero attached hydrogens (tertiary/aromatic N) is 5. The summed E-state index contributed by atoms with van der Waals surface area (Å²) in [4.78, 5) is 73.1. The van der Waals surface area contributed by atoms with Crippen molar-refractivity contribution in [1.29, 1.82) is 0 Å². The van der Waals surface area contributed by atoms with E-state index in [9.17, 15) is 37.5 Å². The van der Waals surface area contributed by atoms with Crippen molar-refractivity contribution >= 4 is 96.7 Å². The van der Waals surface area contributed by atoms with E-state index < -0.39 is 62.9 Å². The van der Waals surface area contributed by atoms with E-state index in [1.165, 1.54) is 32.4 Å². The highest BCUT2D eigenvalue weighted by atomic mass is 35.5. The molecule has 324 valence electrons. The predicted molar refractivity (Wildman–Crippen MR) is 232 cm³/mol. The average molecular weight is 916 g/mol. The van der Waals surface area contributed by atoms with Crippen LogP contribution >= 0.6 is 34.3 Å². The summed E-state index contributed by atoms with van der Waals surface area (Å²) < 4.78 is 39.5. The number of rotatable bonds is 13. The Morgan fingerprint density at radius 2 is 1.22 bits per heavy atom. The van der Waals surface area contributed by atoms with Crippen molar-refractivity contribution in [2.24, 2.45) is 14.1 Å². The normalized spacial score (nSPS) is 11.1. The first-order chi connectivity index (χ1) is 27.3. The molecule has 0 fully saturated rings. The van der Waals surface area contributed by atoms with E-state index in [-0.39, 0.29) is 30.0 Å². The molecule has 0 atom stereocenters. The third-order valence-electron chi connectivity index (χ3n) is 8.20. The lowest BCUT2D eigenvalue weighted by Gasteiger charge is -2.21. The quantitative estimate of drug-likeness (QED) is 0.0601. The highest BCUT2D eigenvalue weighted by molar-refractivity contribution is 7.11. The topological polar surface area (TPSA) is 172 Å². The molecule has 0 aliphatic rings. The molecule has 14 nitrogen and oxygen atoms in total. The van der Waals surface area contributed by atoms with E-state index in [0.717, 1.165) is 48.2 Å². The summed E-state index contributed by atoms with van der Waals surface area (Å²) >= 11 is 7.72. The Morgan fingerprint density at radius 1 is 0.763 bits per heavy atom. The molecule has 0 spiro atoms. The smallest absolute Gasteiger partial charge is 0.397 e. The minimum Gasteiger partial charge on any atom is -0.459 e. The number of amides is 3. The summed E-state index contributed by atoms with van der Waals surface area (Å²) in [5.74, 6) is -6.14. The van der Waals surface area contributed by atoms with Crippen molar-refractivity contribution in [1.82, 2.24) is 19.6 Å². The van der Waals surface area contributed by atoms with Crippen LogP contribution in [0.3, 0.4) is 0 Å². The second-order valence-electron chi connectivity index (χ2n) is 15.5. The summed E-state index contributed by atoms with van der Waals surface area (Å²) in [6.45, 7) is 20.1. The minimum absolute atomic E-state index is 0.0149. The van der Waals surface area contributed by atoms with Crippen molar-refractivity contribution < 1.29 is 47.0 Å². The molecule has 0 unspecified atom stereocenters. The Balaban J connectivity index is 0.000000352. The average Bonchev–Trinajstić information content (AvgIpc) is 3.89. The van der Waals surface area contributed by atoms with E-state index >= 15 is 0 Å². The standard InChI is InChI=1S/C19H26FN3O4SSi.C15H22FN3OSSi.C4H5ClO3/c1-7-27-19(26)18(25)23(17(24)15-12(2)21-22(3)16(15)20)13-8-10-28-14(13)9-11-29(4,5)6;1-10-13(14(16)19(2)18-10)15(20)17-11-6-8-21-12(11)7-9-22(3,4)5;1-2-8-4(7)3(5)6/h8,10H,7,9,11H2,1-6H3;6,8H,7,9H2,1-5H3,(H,17,20);2H2,1H3. The van der Waals surface area contributed by atoms with Crippen molar-refractivity contribution in [3.05, 3.63) is 67.1 Å². The van der Waals surface area contributed by atoms with Crippen LogP contribution < -0.4 is 10.2 Å². The SMILES string of the molecule is CCOC(=O)C(=O)Cl.CCOC(=O)C(=O)N(C(=O)c1c(C)nn(C)c1F)c1ccsc1CC[Si](C)(C)C.Cc1nn(C)c(F)c1C(=O)Nc1ccsc1CC[Si](C)(C)C. The molecule has 0 aromatic carbocycles. The summed E-state index contributed by atoms with van der Waals surface area (Å²) in [6.07, 6.45) is 1.62. The van der Waals surface area contributed by atoms with Gasteiger partial charge in [0.25, 0.3) is 11.8 Å². The fraction of sp³-hybridized carbons (Fsp3) is 0.474. The van der Waals surface area contributed by atoms with Crippen molar-refractivity contribution in [3.63, 3.8) is 0 Å². The lowest BCUT2D eigenvalue weighted by molar-refractivity contribution is -0.153. The molecule has 1 N–H and O–H groups in total. The Hall–Kier alpha value is -4.38. The van der Waals surface area contributed by atoms with Gasteiger partial charge in [0.1, 0.15) is 11.1 Å². The van der Waals surface area contributed by atoms with Gasteiger partial charge in [0.15, 0.2) is 0 Å². The molecule has 21 heteroatoms. The molecule has 0 bridgehead atoms. The van der Waals surface area contributed by atoms with Crippen LogP contribution in [-0.4, -0.2) is 83.8 Å². The van der Waals surface area contributed by atoms with Crippen molar-refractivity contribution in [3.8, 4) is 0 Å². The first-order valence-electron chi connectivity index (χ1n) is 18.6. The maximum Gasteiger partial charge on any atom is 0.397 e. The Bertz CT molecular complexity index is 2140. The molecule has 4 aromatic rings. The fourth-order valence-electron chi connectivity index (χ4n) is 5.18. The van der Waals surface area contributed by atoms with Gasteiger partial charge in [-0.3, -0.25) is 19.2 Å². The molecule has 59 heavy (non-hydrogen) atoms. The minimum atomic E-state index is -1.39. The van der Waals surface area contributed by atoms with E-state index in [0.29, 0.717) is 17.8 Å². The molecule has 0 saturated carbocycles. The van der Waals surface area contributed by atoms with Crippen LogP contribution in [0.1, 0.15) is 55.7 Å². The number of thiophene rings is 2. The maximum atomic E-state index is 14.5. The van der Waals surface area contributed by atoms with Gasteiger partial charge in [-0.2, -0.15) is 19.0 Å². The van der Waals surface area contributed by atoms with Gasteiger partial charge in [0.2, 0.25) is 11.9 Å². The number of carbonyl (C=O) groups excluding carboxylic acids is 6. The zero-order valence-electron chi connectivity index (χ0n) is 35.5. The third kappa shape index (κ3) is 15.0. The third-order valence-corrected chi connectivity index (χ3v) is 13.8. The molecule has 3 amide bonds. The van der Waals surface area contributed by atoms with Gasteiger partial charge >= 0.3 is 23.1 Å². The van der Waals surface area contributed by atoms with Crippen LogP contribution in [0.15, 0.2) is 22.9 Å². The highest BCUT2D eigenvalue weighted by Gasteiger charge is 2.36. The number of imide groups is 1. The molecule has 4 aromatic heterocycles. The predicted octanol–water partition coefficient (Wildman–Crippen LogP) is 7.92. The van der Waals surface area contributed by atoms with Crippen LogP contribution in [-0.2, 0) is 55.6 Å². The molecular weight excluding hydrogens is 862 g/mol. The Kier molecular flexibility index (Phi) is 19.2. The second kappa shape index (κ2) is 22.3. The highest BCUT2D eigenvalue weighted by Crippen LogP contribution is 2.32. The van der Waals surface area contributed by atoms with Gasteiger partial charge in [0.05, 0.1) is 36.0 Å². The molecule has 4 heterocycles. The summed E-state index contributed by atoms with van der Waals surface area (Å²) in [5.41, 5.74) is 1.29. The number of ether oxygens (including phenoxy) is 2. The molecule has 0 saturated heterocycles. The van der Waals surface area contributed by atoms with Crippen LogP contribution in [0, 0.1) is 25.7 Å². The number of hydrogen-bond donors (Lipinski definition) is 1. The van der Waals surface area contributed by atoms with Gasteiger partial charge in [0, 0.05) is 40.0 Å². The summed E-state index contributed by atoms with van der Waals surface area (Å²) in [5, 5.41) is 13.3. The number of halogens is 3. The second-order valence-corrected chi connectivity index (χ2v) is 29.1. The van der Waals surface area contributed by atoms with E-state index in [4.69, 9.17) is 16.3 Å². The molecular formula is C38H53ClF2N6O8S2Si2. The molecule has 0 radical (unpaired) electrons. The fourth-order valence-corrected chi connectivity index (χ4v) is 9.30. The Morgan fingerprint density at radius 3 is 1.66 bits per heavy atom. The number of nitrogens with one attached hydrogen (secondary N) is 1. The largest absolute Gasteiger partial charge is 0.459 e. The van der Waals surface area contributed by atoms with Gasteiger partial charge in [-0.05, 0) is 75.0 Å². The van der Waals surface area contributed by atoms with Crippen molar-refractivity contribution in [2.75, 3.05) is 23.4 Å². The first-order valence-corrected chi connectivity index (χ1v) is 28.1. The van der Waals surface area contributed by atoms with Crippen LogP contribution in [0.4, 0.5) is 20.2 Å². The molecule has 0 aliphatic heterocycles. The lowest BCUT2D eigenvalue weighted by atomic mass is 10.2. The number of anilines is 2. The zero-order chi connectivity index (χ0) is 45.0. The molecule has 4 rings (SSSR count). The summed E-state index contributed by atoms with van der Waals surface area (Å²) in [7, 11) is 0.332. The van der Waals surface area contributed by atoms with E-state index in [1.54, 1.807) is 43.6 Å². The Labute approximate surface area is 358 Å².